The number of nitrogens with zero attached hydrogens (tertiary/aromatic N) is 2. The van der Waals surface area contributed by atoms with Crippen molar-refractivity contribution in [1.29, 1.82) is 0 Å². The van der Waals surface area contributed by atoms with Crippen molar-refractivity contribution in [1.82, 2.24) is 15.1 Å². The molecule has 0 unspecified atom stereocenters. The van der Waals surface area contributed by atoms with Crippen LogP contribution in [0.4, 0.5) is 10.5 Å². The molecule has 260 valence electrons. The maximum absolute atomic E-state index is 14.4. The van der Waals surface area contributed by atoms with Crippen LogP contribution >= 0.6 is 0 Å². The van der Waals surface area contributed by atoms with E-state index in [9.17, 15) is 14.7 Å². The monoisotopic (exact) mass is 652 g/mol. The van der Waals surface area contributed by atoms with Crippen LogP contribution in [0.2, 0.25) is 0 Å². The number of anilines is 1. The van der Waals surface area contributed by atoms with Crippen molar-refractivity contribution < 1.29 is 28.9 Å². The lowest BCUT2D eigenvalue weighted by Crippen LogP contribution is -2.47. The molecule has 1 heterocycles. The zero-order valence-corrected chi connectivity index (χ0v) is 29.0. The van der Waals surface area contributed by atoms with Crippen LogP contribution in [0, 0.1) is 5.92 Å². The Kier molecular flexibility index (Phi) is 14.2. The van der Waals surface area contributed by atoms with E-state index in [0.29, 0.717) is 36.7 Å². The van der Waals surface area contributed by atoms with E-state index in [1.807, 2.05) is 26.0 Å². The predicted molar refractivity (Wildman–Crippen MR) is 185 cm³/mol. The Morgan fingerprint density at radius 1 is 1.06 bits per heavy atom. The van der Waals surface area contributed by atoms with Gasteiger partial charge in [0.2, 0.25) is 0 Å². The van der Waals surface area contributed by atoms with Gasteiger partial charge in [-0.1, -0.05) is 38.3 Å². The minimum absolute atomic E-state index is 0.0277. The van der Waals surface area contributed by atoms with E-state index in [0.717, 1.165) is 57.2 Å². The third kappa shape index (κ3) is 11.1. The zero-order chi connectivity index (χ0) is 33.8. The molecule has 0 aromatic heterocycles. The first-order chi connectivity index (χ1) is 22.7. The fourth-order valence-corrected chi connectivity index (χ4v) is 6.48. The van der Waals surface area contributed by atoms with Gasteiger partial charge >= 0.3 is 6.03 Å². The number of hydrogen-bond acceptors (Lipinski definition) is 7. The molecule has 0 saturated heterocycles. The van der Waals surface area contributed by atoms with Gasteiger partial charge in [0.15, 0.2) is 0 Å². The third-order valence-corrected chi connectivity index (χ3v) is 9.35. The molecule has 1 fully saturated rings. The Hall–Kier alpha value is -3.34. The van der Waals surface area contributed by atoms with Crippen molar-refractivity contribution in [3.63, 3.8) is 0 Å². The fourth-order valence-electron chi connectivity index (χ4n) is 6.48. The lowest BCUT2D eigenvalue weighted by Gasteiger charge is -2.36. The largest absolute Gasteiger partial charge is 0.497 e. The maximum atomic E-state index is 14.4. The summed E-state index contributed by atoms with van der Waals surface area (Å²) in [6.45, 7) is 8.22. The maximum Gasteiger partial charge on any atom is 0.319 e. The van der Waals surface area contributed by atoms with Gasteiger partial charge in [-0.2, -0.15) is 0 Å². The molecule has 4 rings (SSSR count). The summed E-state index contributed by atoms with van der Waals surface area (Å²) in [5.74, 6) is 1.03. The van der Waals surface area contributed by atoms with Crippen molar-refractivity contribution in [2.75, 3.05) is 45.8 Å². The number of rotatable bonds is 9. The van der Waals surface area contributed by atoms with Crippen LogP contribution < -0.4 is 20.1 Å². The summed E-state index contributed by atoms with van der Waals surface area (Å²) in [5.41, 5.74) is 2.06. The second-order valence-electron chi connectivity index (χ2n) is 13.5. The summed E-state index contributed by atoms with van der Waals surface area (Å²) in [4.78, 5) is 31.2. The lowest BCUT2D eigenvalue weighted by atomic mass is 9.96. The molecule has 3 amide bonds. The number of aliphatic hydroxyl groups is 1. The summed E-state index contributed by atoms with van der Waals surface area (Å²) in [6.07, 6.45) is 7.81. The first-order valence-electron chi connectivity index (χ1n) is 17.4. The molecule has 2 aromatic rings. The molecule has 47 heavy (non-hydrogen) atoms. The van der Waals surface area contributed by atoms with Gasteiger partial charge in [0.1, 0.15) is 11.5 Å². The standard InChI is InChI=1S/C37H56N4O6/c1-26-22-41(27(2)25-42)36(43)33-21-31(39-37(44)38-30-12-7-6-8-13-30)16-19-34(33)47-28(3)11-9-10-20-46-35(26)24-40(4)23-29-14-17-32(45-5)18-15-29/h14-19,21,26-28,30,35,42H,6-13,20,22-25H2,1-5H3,(H2,38,39,44)/t26-,27-,28+,35-/m1/s1. The zero-order valence-electron chi connectivity index (χ0n) is 29.0. The summed E-state index contributed by atoms with van der Waals surface area (Å²) in [6, 6.07) is 12.8. The van der Waals surface area contributed by atoms with Crippen molar-refractivity contribution in [2.45, 2.75) is 103 Å². The molecular formula is C37H56N4O6. The normalized spacial score (nSPS) is 22.5. The van der Waals surface area contributed by atoms with Gasteiger partial charge in [-0.15, -0.1) is 0 Å². The van der Waals surface area contributed by atoms with E-state index in [-0.39, 0.29) is 42.7 Å². The number of methoxy groups -OCH3 is 1. The second kappa shape index (κ2) is 18.3. The minimum atomic E-state index is -0.438. The molecule has 1 aliphatic heterocycles. The molecule has 0 bridgehead atoms. The highest BCUT2D eigenvalue weighted by Crippen LogP contribution is 2.29. The summed E-state index contributed by atoms with van der Waals surface area (Å²) >= 11 is 0. The van der Waals surface area contributed by atoms with Gasteiger partial charge in [-0.05, 0) is 88.9 Å². The summed E-state index contributed by atoms with van der Waals surface area (Å²) in [7, 11) is 3.75. The summed E-state index contributed by atoms with van der Waals surface area (Å²) in [5, 5.41) is 16.3. The molecule has 10 heteroatoms. The molecule has 1 saturated carbocycles. The average Bonchev–Trinajstić information content (AvgIpc) is 3.06. The van der Waals surface area contributed by atoms with Crippen molar-refractivity contribution in [3.05, 3.63) is 53.6 Å². The Labute approximate surface area is 281 Å². The summed E-state index contributed by atoms with van der Waals surface area (Å²) < 4.78 is 18.2. The number of hydrogen-bond donors (Lipinski definition) is 3. The number of likely N-dealkylation sites (N-methyl/N-ethyl adjacent to an activating group) is 1. The van der Waals surface area contributed by atoms with E-state index in [2.05, 4.69) is 41.6 Å². The van der Waals surface area contributed by atoms with Crippen LogP contribution in [0.25, 0.3) is 0 Å². The number of fused-ring (bicyclic) bond motifs is 1. The Morgan fingerprint density at radius 3 is 2.49 bits per heavy atom. The number of benzene rings is 2. The third-order valence-electron chi connectivity index (χ3n) is 9.35. The topological polar surface area (TPSA) is 113 Å². The molecule has 0 spiro atoms. The smallest absolute Gasteiger partial charge is 0.319 e. The van der Waals surface area contributed by atoms with E-state index < -0.39 is 6.04 Å². The average molecular weight is 653 g/mol. The molecule has 3 N–H and O–H groups in total. The molecular weight excluding hydrogens is 596 g/mol. The quantitative estimate of drug-likeness (QED) is 0.301. The van der Waals surface area contributed by atoms with Gasteiger partial charge in [-0.25, -0.2) is 4.79 Å². The van der Waals surface area contributed by atoms with Gasteiger partial charge < -0.3 is 34.9 Å². The highest BCUT2D eigenvalue weighted by molar-refractivity contribution is 5.99. The number of amides is 3. The molecule has 1 aliphatic carbocycles. The van der Waals surface area contributed by atoms with Gasteiger partial charge in [0, 0.05) is 43.9 Å². The van der Waals surface area contributed by atoms with E-state index >= 15 is 0 Å². The number of ether oxygens (including phenoxy) is 3. The predicted octanol–water partition coefficient (Wildman–Crippen LogP) is 6.08. The SMILES string of the molecule is COc1ccc(CN(C)C[C@H]2OCCCC[C@H](C)Oc3ccc(NC(=O)NC4CCCCC4)cc3C(=O)N([C@H](C)CO)C[C@H]2C)cc1. The molecule has 10 nitrogen and oxygen atoms in total. The Balaban J connectivity index is 1.55. The second-order valence-corrected chi connectivity index (χ2v) is 13.5. The first-order valence-corrected chi connectivity index (χ1v) is 17.4. The first kappa shape index (κ1) is 36.5. The van der Waals surface area contributed by atoms with Gasteiger partial charge in [0.25, 0.3) is 5.91 Å². The Bertz CT molecular complexity index is 1270. The number of aliphatic hydroxyl groups excluding tert-OH is 1. The Morgan fingerprint density at radius 2 is 1.79 bits per heavy atom. The number of urea groups is 1. The van der Waals surface area contributed by atoms with E-state index in [1.165, 1.54) is 12.0 Å². The van der Waals surface area contributed by atoms with Crippen molar-refractivity contribution in [2.24, 2.45) is 5.92 Å². The van der Waals surface area contributed by atoms with Crippen LogP contribution in [-0.4, -0.2) is 91.6 Å². The van der Waals surface area contributed by atoms with Crippen LogP contribution in [0.3, 0.4) is 0 Å². The van der Waals surface area contributed by atoms with Crippen molar-refractivity contribution >= 4 is 17.6 Å². The lowest BCUT2D eigenvalue weighted by molar-refractivity contribution is -0.0177. The number of nitrogens with one attached hydrogen (secondary N) is 2. The highest BCUT2D eigenvalue weighted by atomic mass is 16.5. The number of carbonyl (C=O) groups excluding carboxylic acids is 2. The van der Waals surface area contributed by atoms with Crippen molar-refractivity contribution in [3.8, 4) is 11.5 Å². The van der Waals surface area contributed by atoms with Crippen LogP contribution in [0.5, 0.6) is 11.5 Å². The fraction of sp³-hybridized carbons (Fsp3) is 0.622. The van der Waals surface area contributed by atoms with E-state index in [4.69, 9.17) is 14.2 Å². The molecule has 2 aromatic carbocycles. The van der Waals surface area contributed by atoms with Gasteiger partial charge in [-0.3, -0.25) is 9.69 Å². The van der Waals surface area contributed by atoms with Crippen LogP contribution in [0.15, 0.2) is 42.5 Å². The molecule has 0 radical (unpaired) electrons. The van der Waals surface area contributed by atoms with E-state index in [1.54, 1.807) is 30.2 Å². The number of carbonyl (C=O) groups is 2. The van der Waals surface area contributed by atoms with Crippen LogP contribution in [-0.2, 0) is 11.3 Å². The minimum Gasteiger partial charge on any atom is -0.497 e. The molecule has 2 aliphatic rings. The van der Waals surface area contributed by atoms with Crippen LogP contribution in [0.1, 0.15) is 88.1 Å². The van der Waals surface area contributed by atoms with Gasteiger partial charge in [0.05, 0.1) is 37.5 Å². The molecule has 4 atom stereocenters. The highest BCUT2D eigenvalue weighted by Gasteiger charge is 2.30.